The third-order valence-corrected chi connectivity index (χ3v) is 2.70. The van der Waals surface area contributed by atoms with E-state index in [1.165, 1.54) is 0 Å². The molecule has 1 saturated carbocycles. The highest BCUT2D eigenvalue weighted by atomic mass is 15.2. The molecule has 1 aromatic rings. The fraction of sp³-hybridized carbons (Fsp3) is 0.600. The molecule has 4 heteroatoms. The monoisotopic (exact) mass is 192 g/mol. The summed E-state index contributed by atoms with van der Waals surface area (Å²) in [6, 6.07) is 2.25. The molecule has 0 amide bonds. The minimum atomic E-state index is 0.421. The SMILES string of the molecule is CN(CC1CC(N)C1)c1ncccn1. The first-order valence-electron chi connectivity index (χ1n) is 4.99. The van der Waals surface area contributed by atoms with Crippen LogP contribution in [0.5, 0.6) is 0 Å². The van der Waals surface area contributed by atoms with Gasteiger partial charge in [0.15, 0.2) is 0 Å². The lowest BCUT2D eigenvalue weighted by Crippen LogP contribution is -2.42. The summed E-state index contributed by atoms with van der Waals surface area (Å²) >= 11 is 0. The van der Waals surface area contributed by atoms with Crippen molar-refractivity contribution in [3.63, 3.8) is 0 Å². The second kappa shape index (κ2) is 3.92. The van der Waals surface area contributed by atoms with Crippen molar-refractivity contribution in [1.82, 2.24) is 9.97 Å². The van der Waals surface area contributed by atoms with Gasteiger partial charge in [0.2, 0.25) is 5.95 Å². The topological polar surface area (TPSA) is 55.0 Å². The molecule has 1 aromatic heterocycles. The molecule has 4 nitrogen and oxygen atoms in total. The molecule has 2 N–H and O–H groups in total. The van der Waals surface area contributed by atoms with Crippen LogP contribution in [0.15, 0.2) is 18.5 Å². The molecule has 1 fully saturated rings. The highest BCUT2D eigenvalue weighted by Crippen LogP contribution is 2.26. The summed E-state index contributed by atoms with van der Waals surface area (Å²) in [5.74, 6) is 1.52. The zero-order valence-corrected chi connectivity index (χ0v) is 8.43. The highest BCUT2D eigenvalue weighted by molar-refractivity contribution is 5.26. The second-order valence-corrected chi connectivity index (χ2v) is 4.03. The van der Waals surface area contributed by atoms with Crippen LogP contribution < -0.4 is 10.6 Å². The average Bonchev–Trinajstić information content (AvgIpc) is 2.17. The van der Waals surface area contributed by atoms with E-state index in [2.05, 4.69) is 14.9 Å². The Balaban J connectivity index is 1.87. The zero-order valence-electron chi connectivity index (χ0n) is 8.43. The summed E-state index contributed by atoms with van der Waals surface area (Å²) in [4.78, 5) is 10.5. The Bertz CT molecular complexity index is 281. The van der Waals surface area contributed by atoms with Crippen molar-refractivity contribution in [2.45, 2.75) is 18.9 Å². The fourth-order valence-electron chi connectivity index (χ4n) is 1.89. The minimum Gasteiger partial charge on any atom is -0.344 e. The number of hydrogen-bond acceptors (Lipinski definition) is 4. The first kappa shape index (κ1) is 9.40. The van der Waals surface area contributed by atoms with Crippen molar-refractivity contribution in [3.05, 3.63) is 18.5 Å². The first-order valence-corrected chi connectivity index (χ1v) is 4.99. The van der Waals surface area contributed by atoms with Crippen molar-refractivity contribution < 1.29 is 0 Å². The van der Waals surface area contributed by atoms with Gasteiger partial charge < -0.3 is 10.6 Å². The first-order chi connectivity index (χ1) is 6.75. The van der Waals surface area contributed by atoms with Crippen LogP contribution in [0.4, 0.5) is 5.95 Å². The smallest absolute Gasteiger partial charge is 0.224 e. The van der Waals surface area contributed by atoms with Crippen molar-refractivity contribution >= 4 is 5.95 Å². The Morgan fingerprint density at radius 2 is 2.07 bits per heavy atom. The summed E-state index contributed by atoms with van der Waals surface area (Å²) in [6.07, 6.45) is 5.81. The van der Waals surface area contributed by atoms with Gasteiger partial charge in [-0.05, 0) is 24.8 Å². The molecule has 1 heterocycles. The quantitative estimate of drug-likeness (QED) is 0.764. The molecule has 0 atom stereocenters. The van der Waals surface area contributed by atoms with Crippen LogP contribution in [-0.4, -0.2) is 29.6 Å². The zero-order chi connectivity index (χ0) is 9.97. The Morgan fingerprint density at radius 1 is 1.43 bits per heavy atom. The van der Waals surface area contributed by atoms with E-state index in [-0.39, 0.29) is 0 Å². The number of anilines is 1. The van der Waals surface area contributed by atoms with Gasteiger partial charge in [0.05, 0.1) is 0 Å². The van der Waals surface area contributed by atoms with Crippen molar-refractivity contribution in [2.24, 2.45) is 11.7 Å². The summed E-state index contributed by atoms with van der Waals surface area (Å²) in [5, 5.41) is 0. The van der Waals surface area contributed by atoms with Gasteiger partial charge in [-0.3, -0.25) is 0 Å². The van der Waals surface area contributed by atoms with Gasteiger partial charge in [0.25, 0.3) is 0 Å². The van der Waals surface area contributed by atoms with E-state index in [1.54, 1.807) is 12.4 Å². The van der Waals surface area contributed by atoms with Gasteiger partial charge in [0.1, 0.15) is 0 Å². The summed E-state index contributed by atoms with van der Waals surface area (Å²) in [6.45, 7) is 1.01. The van der Waals surface area contributed by atoms with E-state index in [1.807, 2.05) is 13.1 Å². The van der Waals surface area contributed by atoms with Gasteiger partial charge in [-0.15, -0.1) is 0 Å². The van der Waals surface area contributed by atoms with Crippen LogP contribution >= 0.6 is 0 Å². The predicted molar refractivity (Wildman–Crippen MR) is 56.0 cm³/mol. The predicted octanol–water partition coefficient (Wildman–Crippen LogP) is 0.650. The normalized spacial score (nSPS) is 25.6. The van der Waals surface area contributed by atoms with Gasteiger partial charge in [0, 0.05) is 32.0 Å². The van der Waals surface area contributed by atoms with Crippen LogP contribution in [0.3, 0.4) is 0 Å². The number of aromatic nitrogens is 2. The number of hydrogen-bond donors (Lipinski definition) is 1. The van der Waals surface area contributed by atoms with Crippen molar-refractivity contribution in [3.8, 4) is 0 Å². The lowest BCUT2D eigenvalue weighted by Gasteiger charge is -2.35. The standard InChI is InChI=1S/C10H16N4/c1-14(7-8-5-9(11)6-8)10-12-3-2-4-13-10/h2-4,8-9H,5-7,11H2,1H3. The average molecular weight is 192 g/mol. The Labute approximate surface area is 84.2 Å². The largest absolute Gasteiger partial charge is 0.344 e. The van der Waals surface area contributed by atoms with E-state index < -0.39 is 0 Å². The third kappa shape index (κ3) is 2.01. The van der Waals surface area contributed by atoms with E-state index in [0.29, 0.717) is 6.04 Å². The number of nitrogens with two attached hydrogens (primary N) is 1. The molecule has 0 unspecified atom stereocenters. The molecule has 1 aliphatic carbocycles. The molecule has 0 aromatic carbocycles. The van der Waals surface area contributed by atoms with Crippen LogP contribution in [0.25, 0.3) is 0 Å². The molecular weight excluding hydrogens is 176 g/mol. The van der Waals surface area contributed by atoms with Crippen molar-refractivity contribution in [2.75, 3.05) is 18.5 Å². The molecule has 0 radical (unpaired) electrons. The second-order valence-electron chi connectivity index (χ2n) is 4.03. The maximum atomic E-state index is 5.73. The molecule has 2 rings (SSSR count). The summed E-state index contributed by atoms with van der Waals surface area (Å²) in [7, 11) is 2.03. The Hall–Kier alpha value is -1.16. The van der Waals surface area contributed by atoms with Crippen LogP contribution in [0.2, 0.25) is 0 Å². The van der Waals surface area contributed by atoms with E-state index in [4.69, 9.17) is 5.73 Å². The van der Waals surface area contributed by atoms with E-state index in [9.17, 15) is 0 Å². The number of rotatable bonds is 3. The lowest BCUT2D eigenvalue weighted by atomic mass is 9.81. The van der Waals surface area contributed by atoms with Gasteiger partial charge in [-0.25, -0.2) is 9.97 Å². The summed E-state index contributed by atoms with van der Waals surface area (Å²) in [5.41, 5.74) is 5.73. The van der Waals surface area contributed by atoms with Crippen LogP contribution in [0.1, 0.15) is 12.8 Å². The molecule has 0 spiro atoms. The molecule has 0 aliphatic heterocycles. The van der Waals surface area contributed by atoms with Gasteiger partial charge >= 0.3 is 0 Å². The van der Waals surface area contributed by atoms with Crippen LogP contribution in [-0.2, 0) is 0 Å². The Morgan fingerprint density at radius 3 is 2.64 bits per heavy atom. The van der Waals surface area contributed by atoms with E-state index in [0.717, 1.165) is 31.3 Å². The molecule has 0 saturated heterocycles. The maximum absolute atomic E-state index is 5.73. The highest BCUT2D eigenvalue weighted by Gasteiger charge is 2.27. The summed E-state index contributed by atoms with van der Waals surface area (Å²) < 4.78 is 0. The van der Waals surface area contributed by atoms with E-state index >= 15 is 0 Å². The molecule has 76 valence electrons. The number of nitrogens with zero attached hydrogens (tertiary/aromatic N) is 3. The molecule has 0 bridgehead atoms. The fourth-order valence-corrected chi connectivity index (χ4v) is 1.89. The van der Waals surface area contributed by atoms with Crippen LogP contribution in [0, 0.1) is 5.92 Å². The molecule has 14 heavy (non-hydrogen) atoms. The molecular formula is C10H16N4. The minimum absolute atomic E-state index is 0.421. The third-order valence-electron chi connectivity index (χ3n) is 2.70. The van der Waals surface area contributed by atoms with Gasteiger partial charge in [-0.2, -0.15) is 0 Å². The maximum Gasteiger partial charge on any atom is 0.224 e. The van der Waals surface area contributed by atoms with Gasteiger partial charge in [-0.1, -0.05) is 0 Å². The Kier molecular flexibility index (Phi) is 2.63. The lowest BCUT2D eigenvalue weighted by molar-refractivity contribution is 0.270. The molecule has 1 aliphatic rings. The van der Waals surface area contributed by atoms with Crippen molar-refractivity contribution in [1.29, 1.82) is 0 Å².